The normalized spacial score (nSPS) is 25.4. The van der Waals surface area contributed by atoms with Crippen LogP contribution < -0.4 is 4.72 Å². The molecule has 1 heterocycles. The van der Waals surface area contributed by atoms with Crippen molar-refractivity contribution in [3.05, 3.63) is 16.5 Å². The predicted molar refractivity (Wildman–Crippen MR) is 75.6 cm³/mol. The Bertz CT molecular complexity index is 595. The summed E-state index contributed by atoms with van der Waals surface area (Å²) in [5.41, 5.74) is -0.266. The molecule has 2 N–H and O–H groups in total. The summed E-state index contributed by atoms with van der Waals surface area (Å²) in [5.74, 6) is 0.194. The highest BCUT2D eigenvalue weighted by atomic mass is 79.9. The average molecular weight is 368 g/mol. The van der Waals surface area contributed by atoms with Crippen LogP contribution in [0.2, 0.25) is 0 Å². The van der Waals surface area contributed by atoms with E-state index in [2.05, 4.69) is 20.7 Å². The standard InChI is InChI=1S/C12H18BrNO5S/c1-12(2)9(5-10(12)18-3)14-20(16,17)8-4-7(6-15)19-11(8)13/h4,9-10,14-15H,5-6H2,1-3H3. The lowest BCUT2D eigenvalue weighted by molar-refractivity contribution is -0.0908. The summed E-state index contributed by atoms with van der Waals surface area (Å²) in [6, 6.07) is 1.11. The van der Waals surface area contributed by atoms with E-state index in [-0.39, 0.29) is 39.5 Å². The van der Waals surface area contributed by atoms with Gasteiger partial charge in [-0.05, 0) is 22.4 Å². The van der Waals surface area contributed by atoms with E-state index in [0.717, 1.165) is 0 Å². The molecule has 0 amide bonds. The zero-order chi connectivity index (χ0) is 15.1. The van der Waals surface area contributed by atoms with Crippen LogP contribution in [-0.2, 0) is 21.4 Å². The third-order valence-corrected chi connectivity index (χ3v) is 6.24. The van der Waals surface area contributed by atoms with Crippen molar-refractivity contribution in [2.45, 2.75) is 43.9 Å². The van der Waals surface area contributed by atoms with E-state index in [4.69, 9.17) is 14.3 Å². The molecule has 114 valence electrons. The second-order valence-corrected chi connectivity index (χ2v) is 7.87. The summed E-state index contributed by atoms with van der Waals surface area (Å²) < 4.78 is 37.8. The largest absolute Gasteiger partial charge is 0.450 e. The van der Waals surface area contributed by atoms with Gasteiger partial charge in [-0.2, -0.15) is 0 Å². The molecule has 0 spiro atoms. The Balaban J connectivity index is 2.18. The van der Waals surface area contributed by atoms with Gasteiger partial charge in [0.05, 0.1) is 6.10 Å². The summed E-state index contributed by atoms with van der Waals surface area (Å²) in [6.45, 7) is 3.57. The first-order valence-electron chi connectivity index (χ1n) is 6.16. The highest BCUT2D eigenvalue weighted by Crippen LogP contribution is 2.43. The Morgan fingerprint density at radius 1 is 1.60 bits per heavy atom. The number of sulfonamides is 1. The minimum atomic E-state index is -3.70. The van der Waals surface area contributed by atoms with Crippen LogP contribution >= 0.6 is 15.9 Å². The second-order valence-electron chi connectivity index (χ2n) is 5.46. The maximum atomic E-state index is 12.3. The third-order valence-electron chi connectivity index (χ3n) is 3.91. The number of nitrogens with one attached hydrogen (secondary N) is 1. The number of hydrogen-bond acceptors (Lipinski definition) is 5. The van der Waals surface area contributed by atoms with E-state index < -0.39 is 10.0 Å². The van der Waals surface area contributed by atoms with Crippen molar-refractivity contribution in [2.75, 3.05) is 7.11 Å². The maximum absolute atomic E-state index is 12.3. The molecule has 0 radical (unpaired) electrons. The van der Waals surface area contributed by atoms with Crippen molar-refractivity contribution in [1.82, 2.24) is 4.72 Å². The van der Waals surface area contributed by atoms with E-state index in [0.29, 0.717) is 6.42 Å². The van der Waals surface area contributed by atoms with Crippen LogP contribution in [0, 0.1) is 5.41 Å². The van der Waals surface area contributed by atoms with Crippen LogP contribution in [0.5, 0.6) is 0 Å². The van der Waals surface area contributed by atoms with Gasteiger partial charge in [0, 0.05) is 24.6 Å². The van der Waals surface area contributed by atoms with Gasteiger partial charge in [-0.1, -0.05) is 13.8 Å². The molecule has 1 aliphatic rings. The van der Waals surface area contributed by atoms with Crippen LogP contribution in [0.25, 0.3) is 0 Å². The molecule has 0 aliphatic heterocycles. The first-order valence-corrected chi connectivity index (χ1v) is 8.44. The lowest BCUT2D eigenvalue weighted by Crippen LogP contribution is -2.61. The third kappa shape index (κ3) is 2.67. The van der Waals surface area contributed by atoms with Gasteiger partial charge in [0.1, 0.15) is 17.3 Å². The second kappa shape index (κ2) is 5.42. The molecule has 2 unspecified atom stereocenters. The molecular formula is C12H18BrNO5S. The van der Waals surface area contributed by atoms with Crippen molar-refractivity contribution in [1.29, 1.82) is 0 Å². The molecule has 1 saturated carbocycles. The number of ether oxygens (including phenoxy) is 1. The van der Waals surface area contributed by atoms with Gasteiger partial charge >= 0.3 is 0 Å². The Kier molecular flexibility index (Phi) is 4.32. The molecule has 1 aromatic heterocycles. The Morgan fingerprint density at radius 2 is 2.25 bits per heavy atom. The fraction of sp³-hybridized carbons (Fsp3) is 0.667. The van der Waals surface area contributed by atoms with Gasteiger partial charge in [0.2, 0.25) is 10.0 Å². The number of halogens is 1. The van der Waals surface area contributed by atoms with E-state index in [9.17, 15) is 8.42 Å². The summed E-state index contributed by atoms with van der Waals surface area (Å²) in [5, 5.41) is 8.98. The lowest BCUT2D eigenvalue weighted by Gasteiger charge is -2.50. The smallest absolute Gasteiger partial charge is 0.245 e. The highest BCUT2D eigenvalue weighted by Gasteiger charge is 2.50. The predicted octanol–water partition coefficient (Wildman–Crippen LogP) is 1.63. The van der Waals surface area contributed by atoms with Crippen LogP contribution in [0.15, 0.2) is 20.0 Å². The summed E-state index contributed by atoms with van der Waals surface area (Å²) >= 11 is 3.06. The zero-order valence-corrected chi connectivity index (χ0v) is 13.9. The molecule has 0 bridgehead atoms. The minimum absolute atomic E-state index is 0.00165. The van der Waals surface area contributed by atoms with Crippen molar-refractivity contribution in [3.63, 3.8) is 0 Å². The molecule has 6 nitrogen and oxygen atoms in total. The highest BCUT2D eigenvalue weighted by molar-refractivity contribution is 9.10. The van der Waals surface area contributed by atoms with Gasteiger partial charge in [-0.25, -0.2) is 13.1 Å². The fourth-order valence-corrected chi connectivity index (χ4v) is 4.80. The number of rotatable bonds is 5. The fourth-order valence-electron chi connectivity index (χ4n) is 2.40. The number of methoxy groups -OCH3 is 1. The first-order chi connectivity index (χ1) is 9.22. The number of furan rings is 1. The van der Waals surface area contributed by atoms with Crippen molar-refractivity contribution >= 4 is 26.0 Å². The van der Waals surface area contributed by atoms with Gasteiger partial charge in [-0.15, -0.1) is 0 Å². The number of aliphatic hydroxyl groups excluding tert-OH is 1. The van der Waals surface area contributed by atoms with Gasteiger partial charge in [0.15, 0.2) is 4.67 Å². The monoisotopic (exact) mass is 367 g/mol. The summed E-state index contributed by atoms with van der Waals surface area (Å²) in [6.07, 6.45) is 0.668. The first kappa shape index (κ1) is 16.0. The van der Waals surface area contributed by atoms with Crippen LogP contribution in [0.4, 0.5) is 0 Å². The Morgan fingerprint density at radius 3 is 2.70 bits per heavy atom. The molecule has 1 aromatic rings. The van der Waals surface area contributed by atoms with Crippen LogP contribution in [0.3, 0.4) is 0 Å². The average Bonchev–Trinajstić information content (AvgIpc) is 2.76. The topological polar surface area (TPSA) is 88.8 Å². The molecule has 1 fully saturated rings. The van der Waals surface area contributed by atoms with E-state index in [1.165, 1.54) is 6.07 Å². The van der Waals surface area contributed by atoms with Crippen LogP contribution in [0.1, 0.15) is 26.0 Å². The van der Waals surface area contributed by atoms with E-state index in [1.54, 1.807) is 7.11 Å². The van der Waals surface area contributed by atoms with Gasteiger partial charge < -0.3 is 14.3 Å². The van der Waals surface area contributed by atoms with Crippen molar-refractivity contribution in [3.8, 4) is 0 Å². The molecule has 2 rings (SSSR count). The zero-order valence-electron chi connectivity index (χ0n) is 11.5. The van der Waals surface area contributed by atoms with E-state index >= 15 is 0 Å². The summed E-state index contributed by atoms with van der Waals surface area (Å²) in [4.78, 5) is -0.00165. The Hall–Kier alpha value is -0.410. The van der Waals surface area contributed by atoms with Crippen molar-refractivity contribution < 1.29 is 22.7 Å². The molecule has 2 atom stereocenters. The quantitative estimate of drug-likeness (QED) is 0.825. The number of hydrogen-bond donors (Lipinski definition) is 2. The molecule has 0 saturated heterocycles. The Labute approximate surface area is 126 Å². The van der Waals surface area contributed by atoms with E-state index in [1.807, 2.05) is 13.8 Å². The van der Waals surface area contributed by atoms with Gasteiger partial charge in [0.25, 0.3) is 0 Å². The van der Waals surface area contributed by atoms with Gasteiger partial charge in [-0.3, -0.25) is 0 Å². The summed E-state index contributed by atoms with van der Waals surface area (Å²) in [7, 11) is -2.08. The molecule has 8 heteroatoms. The van der Waals surface area contributed by atoms with Crippen molar-refractivity contribution in [2.24, 2.45) is 5.41 Å². The SMILES string of the molecule is COC1CC(NS(=O)(=O)c2cc(CO)oc2Br)C1(C)C. The molecule has 20 heavy (non-hydrogen) atoms. The number of aliphatic hydroxyl groups is 1. The lowest BCUT2D eigenvalue weighted by atomic mass is 9.65. The molecular weight excluding hydrogens is 350 g/mol. The molecule has 1 aliphatic carbocycles. The van der Waals surface area contributed by atoms with Crippen LogP contribution in [-0.4, -0.2) is 32.8 Å². The maximum Gasteiger partial charge on any atom is 0.245 e. The molecule has 0 aromatic carbocycles. The minimum Gasteiger partial charge on any atom is -0.450 e.